The smallest absolute Gasteiger partial charge is 0.263 e. The third-order valence-electron chi connectivity index (χ3n) is 4.31. The van der Waals surface area contributed by atoms with Gasteiger partial charge < -0.3 is 25.0 Å². The second kappa shape index (κ2) is 8.82. The van der Waals surface area contributed by atoms with Crippen molar-refractivity contribution < 1.29 is 19.1 Å². The van der Waals surface area contributed by atoms with E-state index in [0.717, 1.165) is 5.56 Å². The van der Waals surface area contributed by atoms with Crippen molar-refractivity contribution in [2.24, 2.45) is 5.73 Å². The quantitative estimate of drug-likeness (QED) is 0.804. The number of aryl methyl sites for hydroxylation is 1. The highest BCUT2D eigenvalue weighted by Gasteiger charge is 2.29. The van der Waals surface area contributed by atoms with Crippen molar-refractivity contribution in [3.63, 3.8) is 0 Å². The SMILES string of the molecule is COCC(N)C(=O)N1CCN(C(=O)C(C)Oc2ccccc2C)CC1. The van der Waals surface area contributed by atoms with Crippen LogP contribution in [0.4, 0.5) is 0 Å². The molecule has 1 aromatic carbocycles. The standard InChI is InChI=1S/C18H27N3O4/c1-13-6-4-5-7-16(13)25-14(2)17(22)20-8-10-21(11-9-20)18(23)15(19)12-24-3/h4-7,14-15H,8-12,19H2,1-3H3. The Bertz CT molecular complexity index is 600. The lowest BCUT2D eigenvalue weighted by Crippen LogP contribution is -2.56. The summed E-state index contributed by atoms with van der Waals surface area (Å²) in [6, 6.07) is 6.95. The van der Waals surface area contributed by atoms with Gasteiger partial charge in [0.25, 0.3) is 5.91 Å². The molecule has 25 heavy (non-hydrogen) atoms. The van der Waals surface area contributed by atoms with E-state index in [2.05, 4.69) is 0 Å². The van der Waals surface area contributed by atoms with E-state index in [-0.39, 0.29) is 18.4 Å². The average Bonchev–Trinajstić information content (AvgIpc) is 2.62. The fourth-order valence-corrected chi connectivity index (χ4v) is 2.82. The summed E-state index contributed by atoms with van der Waals surface area (Å²) >= 11 is 0. The normalized spacial score (nSPS) is 17.1. The number of hydrogen-bond acceptors (Lipinski definition) is 5. The number of benzene rings is 1. The Morgan fingerprint density at radius 1 is 1.12 bits per heavy atom. The van der Waals surface area contributed by atoms with Crippen molar-refractivity contribution >= 4 is 11.8 Å². The minimum Gasteiger partial charge on any atom is -0.481 e. The Labute approximate surface area is 148 Å². The van der Waals surface area contributed by atoms with Crippen molar-refractivity contribution in [3.05, 3.63) is 29.8 Å². The zero-order valence-corrected chi connectivity index (χ0v) is 15.1. The number of para-hydroxylation sites is 1. The van der Waals surface area contributed by atoms with E-state index in [1.807, 2.05) is 31.2 Å². The molecule has 1 saturated heterocycles. The molecule has 0 saturated carbocycles. The average molecular weight is 349 g/mol. The van der Waals surface area contributed by atoms with Crippen LogP contribution in [0.1, 0.15) is 12.5 Å². The third kappa shape index (κ3) is 4.93. The summed E-state index contributed by atoms with van der Waals surface area (Å²) in [5.74, 6) is 0.498. The van der Waals surface area contributed by atoms with Gasteiger partial charge in [-0.15, -0.1) is 0 Å². The van der Waals surface area contributed by atoms with Crippen LogP contribution in [0.5, 0.6) is 5.75 Å². The summed E-state index contributed by atoms with van der Waals surface area (Å²) in [6.07, 6.45) is -0.570. The fraction of sp³-hybridized carbons (Fsp3) is 0.556. The Hall–Kier alpha value is -2.12. The number of carbonyl (C=O) groups is 2. The number of piperazine rings is 1. The highest BCUT2D eigenvalue weighted by atomic mass is 16.5. The molecule has 138 valence electrons. The van der Waals surface area contributed by atoms with Gasteiger partial charge in [-0.3, -0.25) is 9.59 Å². The van der Waals surface area contributed by atoms with Gasteiger partial charge in [0.1, 0.15) is 11.8 Å². The molecule has 1 fully saturated rings. The van der Waals surface area contributed by atoms with E-state index >= 15 is 0 Å². The first-order valence-electron chi connectivity index (χ1n) is 8.48. The zero-order chi connectivity index (χ0) is 18.4. The predicted molar refractivity (Wildman–Crippen MR) is 94.3 cm³/mol. The first kappa shape index (κ1) is 19.2. The van der Waals surface area contributed by atoms with E-state index in [4.69, 9.17) is 15.2 Å². The lowest BCUT2D eigenvalue weighted by Gasteiger charge is -2.36. The van der Waals surface area contributed by atoms with Crippen LogP contribution in [0.15, 0.2) is 24.3 Å². The number of methoxy groups -OCH3 is 1. The number of rotatable bonds is 6. The van der Waals surface area contributed by atoms with E-state index in [9.17, 15) is 9.59 Å². The molecule has 2 unspecified atom stereocenters. The molecular weight excluding hydrogens is 322 g/mol. The summed E-state index contributed by atoms with van der Waals surface area (Å²) in [5.41, 5.74) is 6.78. The maximum atomic E-state index is 12.6. The van der Waals surface area contributed by atoms with Crippen LogP contribution in [0.25, 0.3) is 0 Å². The summed E-state index contributed by atoms with van der Waals surface area (Å²) in [7, 11) is 1.51. The Morgan fingerprint density at radius 2 is 1.68 bits per heavy atom. The Kier molecular flexibility index (Phi) is 6.78. The maximum absolute atomic E-state index is 12.6. The van der Waals surface area contributed by atoms with E-state index < -0.39 is 12.1 Å². The van der Waals surface area contributed by atoms with Gasteiger partial charge >= 0.3 is 0 Å². The lowest BCUT2D eigenvalue weighted by molar-refractivity contribution is -0.144. The maximum Gasteiger partial charge on any atom is 0.263 e. The molecule has 2 atom stereocenters. The molecule has 7 nitrogen and oxygen atoms in total. The highest BCUT2D eigenvalue weighted by molar-refractivity contribution is 5.83. The second-order valence-corrected chi connectivity index (χ2v) is 6.24. The zero-order valence-electron chi connectivity index (χ0n) is 15.1. The van der Waals surface area contributed by atoms with Crippen molar-refractivity contribution in [1.29, 1.82) is 0 Å². The number of ether oxygens (including phenoxy) is 2. The van der Waals surface area contributed by atoms with Crippen molar-refractivity contribution in [2.45, 2.75) is 26.0 Å². The molecule has 1 aliphatic rings. The number of nitrogens with two attached hydrogens (primary N) is 1. The summed E-state index contributed by atoms with van der Waals surface area (Å²) < 4.78 is 10.7. The van der Waals surface area contributed by atoms with Gasteiger partial charge in [-0.05, 0) is 25.5 Å². The minimum absolute atomic E-state index is 0.0726. The van der Waals surface area contributed by atoms with Crippen LogP contribution < -0.4 is 10.5 Å². The Morgan fingerprint density at radius 3 is 2.24 bits per heavy atom. The molecule has 0 spiro atoms. The van der Waals surface area contributed by atoms with Crippen molar-refractivity contribution in [2.75, 3.05) is 39.9 Å². The molecule has 1 aromatic rings. The molecule has 0 radical (unpaired) electrons. The van der Waals surface area contributed by atoms with E-state index in [1.54, 1.807) is 16.7 Å². The van der Waals surface area contributed by atoms with Gasteiger partial charge in [-0.1, -0.05) is 18.2 Å². The molecule has 2 rings (SSSR count). The van der Waals surface area contributed by atoms with Crippen LogP contribution in [0.3, 0.4) is 0 Å². The van der Waals surface area contributed by atoms with E-state index in [1.165, 1.54) is 7.11 Å². The Balaban J connectivity index is 1.86. The van der Waals surface area contributed by atoms with Crippen LogP contribution in [-0.2, 0) is 14.3 Å². The lowest BCUT2D eigenvalue weighted by atomic mass is 10.2. The van der Waals surface area contributed by atoms with Gasteiger partial charge in [-0.2, -0.15) is 0 Å². The second-order valence-electron chi connectivity index (χ2n) is 6.24. The molecule has 7 heteroatoms. The number of carbonyl (C=O) groups excluding carboxylic acids is 2. The van der Waals surface area contributed by atoms with Crippen molar-refractivity contribution in [3.8, 4) is 5.75 Å². The highest BCUT2D eigenvalue weighted by Crippen LogP contribution is 2.18. The first-order chi connectivity index (χ1) is 11.9. The first-order valence-corrected chi connectivity index (χ1v) is 8.48. The number of nitrogens with zero attached hydrogens (tertiary/aromatic N) is 2. The molecule has 0 bridgehead atoms. The van der Waals surface area contributed by atoms with Crippen molar-refractivity contribution in [1.82, 2.24) is 9.80 Å². The molecular formula is C18H27N3O4. The minimum atomic E-state index is -0.657. The molecule has 1 aliphatic heterocycles. The molecule has 2 amide bonds. The monoisotopic (exact) mass is 349 g/mol. The summed E-state index contributed by atoms with van der Waals surface area (Å²) in [4.78, 5) is 28.2. The van der Waals surface area contributed by atoms with Gasteiger partial charge in [0, 0.05) is 33.3 Å². The fourth-order valence-electron chi connectivity index (χ4n) is 2.82. The van der Waals surface area contributed by atoms with Gasteiger partial charge in [0.15, 0.2) is 6.10 Å². The number of amides is 2. The van der Waals surface area contributed by atoms with Crippen LogP contribution in [-0.4, -0.2) is 73.7 Å². The topological polar surface area (TPSA) is 85.1 Å². The van der Waals surface area contributed by atoms with Gasteiger partial charge in [0.2, 0.25) is 5.91 Å². The van der Waals surface area contributed by atoms with E-state index in [0.29, 0.717) is 31.9 Å². The molecule has 0 aromatic heterocycles. The van der Waals surface area contributed by atoms with Gasteiger partial charge in [-0.25, -0.2) is 0 Å². The summed E-state index contributed by atoms with van der Waals surface area (Å²) in [6.45, 7) is 5.79. The van der Waals surface area contributed by atoms with Gasteiger partial charge in [0.05, 0.1) is 6.61 Å². The van der Waals surface area contributed by atoms with Crippen LogP contribution in [0, 0.1) is 6.92 Å². The molecule has 1 heterocycles. The third-order valence-corrected chi connectivity index (χ3v) is 4.31. The summed E-state index contributed by atoms with van der Waals surface area (Å²) in [5, 5.41) is 0. The number of hydrogen-bond donors (Lipinski definition) is 1. The predicted octanol–water partition coefficient (Wildman–Crippen LogP) is 0.407. The molecule has 2 N–H and O–H groups in total. The van der Waals surface area contributed by atoms with Crippen LogP contribution in [0.2, 0.25) is 0 Å². The molecule has 0 aliphatic carbocycles. The van der Waals surface area contributed by atoms with Crippen LogP contribution >= 0.6 is 0 Å². The largest absolute Gasteiger partial charge is 0.481 e.